The number of carbonyl (C=O) groups is 1. The molecule has 3 aliphatic rings. The average molecular weight is 546 g/mol. The summed E-state index contributed by atoms with van der Waals surface area (Å²) in [5, 5.41) is 2.89. The second-order valence-corrected chi connectivity index (χ2v) is 10.5. The molecule has 0 aromatic heterocycles. The van der Waals surface area contributed by atoms with Gasteiger partial charge in [-0.05, 0) is 81.2 Å². The van der Waals surface area contributed by atoms with Gasteiger partial charge in [-0.1, -0.05) is 40.8 Å². The highest BCUT2D eigenvalue weighted by Crippen LogP contribution is 2.56. The minimum atomic E-state index is -0.364. The Morgan fingerprint density at radius 1 is 1.16 bits per heavy atom. The molecule has 1 N–H and O–H groups in total. The van der Waals surface area contributed by atoms with Gasteiger partial charge in [0.05, 0.1) is 16.6 Å². The molecule has 32 heavy (non-hydrogen) atoms. The third-order valence-electron chi connectivity index (χ3n) is 7.01. The van der Waals surface area contributed by atoms with Gasteiger partial charge in [-0.15, -0.1) is 0 Å². The van der Waals surface area contributed by atoms with E-state index in [1.54, 1.807) is 0 Å². The molecule has 2 aromatic carbocycles. The number of halogens is 1. The highest BCUT2D eigenvalue weighted by Gasteiger charge is 2.43. The molecule has 5 rings (SSSR count). The van der Waals surface area contributed by atoms with Crippen molar-refractivity contribution in [2.45, 2.75) is 68.1 Å². The number of rotatable bonds is 7. The topological polar surface area (TPSA) is 50.8 Å². The first kappa shape index (κ1) is 21.9. The Morgan fingerprint density at radius 3 is 2.53 bits per heavy atom. The summed E-state index contributed by atoms with van der Waals surface area (Å²) < 4.78 is 11.7. The van der Waals surface area contributed by atoms with E-state index in [2.05, 4.69) is 63.1 Å². The maximum Gasteiger partial charge on any atom is 0.411 e. The van der Waals surface area contributed by atoms with Gasteiger partial charge in [-0.2, -0.15) is 0 Å². The van der Waals surface area contributed by atoms with Crippen LogP contribution in [0.4, 0.5) is 16.2 Å². The van der Waals surface area contributed by atoms with E-state index in [1.165, 1.54) is 36.1 Å². The van der Waals surface area contributed by atoms with Crippen molar-refractivity contribution in [3.8, 4) is 5.75 Å². The molecule has 3 unspecified atom stereocenters. The number of anilines is 2. The van der Waals surface area contributed by atoms with Gasteiger partial charge < -0.3 is 14.4 Å². The number of benzene rings is 2. The van der Waals surface area contributed by atoms with Gasteiger partial charge in [0.15, 0.2) is 0 Å². The predicted octanol–water partition coefficient (Wildman–Crippen LogP) is 7.02. The average Bonchev–Trinajstić information content (AvgIpc) is 3.55. The highest BCUT2D eigenvalue weighted by molar-refractivity contribution is 14.1. The number of carbonyl (C=O) groups excluding carboxylic acids is 1. The largest absolute Gasteiger partial charge is 0.494 e. The molecular weight excluding hydrogens is 515 g/mol. The lowest BCUT2D eigenvalue weighted by Gasteiger charge is -2.41. The van der Waals surface area contributed by atoms with Gasteiger partial charge in [0.2, 0.25) is 0 Å². The molecule has 0 bridgehead atoms. The highest BCUT2D eigenvalue weighted by atomic mass is 127. The van der Waals surface area contributed by atoms with Crippen LogP contribution in [0.5, 0.6) is 5.75 Å². The Labute approximate surface area is 204 Å². The van der Waals surface area contributed by atoms with Crippen LogP contribution in [0.25, 0.3) is 0 Å². The van der Waals surface area contributed by atoms with Crippen LogP contribution in [0.15, 0.2) is 42.5 Å². The quantitative estimate of drug-likeness (QED) is 0.300. The van der Waals surface area contributed by atoms with Crippen LogP contribution >= 0.6 is 22.6 Å². The molecule has 1 aliphatic heterocycles. The normalized spacial score (nSPS) is 23.3. The lowest BCUT2D eigenvalue weighted by molar-refractivity contribution is 0.108. The van der Waals surface area contributed by atoms with Crippen molar-refractivity contribution in [1.29, 1.82) is 0 Å². The Morgan fingerprint density at radius 2 is 1.91 bits per heavy atom. The second-order valence-electron chi connectivity index (χ2n) is 9.19. The molecule has 0 radical (unpaired) electrons. The Bertz CT molecular complexity index is 972. The summed E-state index contributed by atoms with van der Waals surface area (Å²) in [5.74, 6) is 1.48. The molecular formula is C26H31IN2O3. The lowest BCUT2D eigenvalue weighted by Crippen LogP contribution is -2.41. The van der Waals surface area contributed by atoms with Crippen molar-refractivity contribution in [2.24, 2.45) is 5.92 Å². The molecule has 0 saturated heterocycles. The number of nitrogens with one attached hydrogen (secondary N) is 1. The van der Waals surface area contributed by atoms with Crippen molar-refractivity contribution >= 4 is 40.1 Å². The van der Waals surface area contributed by atoms with E-state index in [4.69, 9.17) is 9.47 Å². The zero-order chi connectivity index (χ0) is 22.2. The third-order valence-corrected chi connectivity index (χ3v) is 8.36. The van der Waals surface area contributed by atoms with E-state index in [0.29, 0.717) is 22.5 Å². The second kappa shape index (κ2) is 9.12. The van der Waals surface area contributed by atoms with Crippen LogP contribution in [0.1, 0.15) is 67.0 Å². The zero-order valence-corrected chi connectivity index (χ0v) is 20.9. The third kappa shape index (κ3) is 4.30. The van der Waals surface area contributed by atoms with Gasteiger partial charge in [-0.25, -0.2) is 4.79 Å². The number of alkyl halides is 1. The zero-order valence-electron chi connectivity index (χ0n) is 18.7. The fourth-order valence-electron chi connectivity index (χ4n) is 4.86. The summed E-state index contributed by atoms with van der Waals surface area (Å²) in [6.45, 7) is 4.68. The first-order chi connectivity index (χ1) is 15.5. The van der Waals surface area contributed by atoms with Gasteiger partial charge in [0.25, 0.3) is 0 Å². The number of nitrogens with zero attached hydrogens (tertiary/aromatic N) is 1. The van der Waals surface area contributed by atoms with Crippen molar-refractivity contribution in [3.05, 3.63) is 53.6 Å². The molecule has 1 heterocycles. The lowest BCUT2D eigenvalue weighted by atomic mass is 9.89. The molecule has 2 aliphatic carbocycles. The fourth-order valence-corrected chi connectivity index (χ4v) is 6.15. The van der Waals surface area contributed by atoms with E-state index in [0.717, 1.165) is 24.3 Å². The van der Waals surface area contributed by atoms with Gasteiger partial charge in [-0.3, -0.25) is 5.32 Å². The SMILES string of the molecule is CCOc1ccc2c(c1)N(C1CCC1)C(c1ccc(NC(=O)OC(C)C3CC3)cc1)C2I. The first-order valence-electron chi connectivity index (χ1n) is 11.8. The van der Waals surface area contributed by atoms with Gasteiger partial charge in [0.1, 0.15) is 11.9 Å². The van der Waals surface area contributed by atoms with Crippen molar-refractivity contribution in [3.63, 3.8) is 0 Å². The molecule has 6 heteroatoms. The van der Waals surface area contributed by atoms with Crippen LogP contribution in [-0.2, 0) is 4.74 Å². The van der Waals surface area contributed by atoms with E-state index >= 15 is 0 Å². The maximum absolute atomic E-state index is 12.2. The summed E-state index contributed by atoms with van der Waals surface area (Å²) >= 11 is 2.59. The van der Waals surface area contributed by atoms with E-state index in [9.17, 15) is 4.79 Å². The number of ether oxygens (including phenoxy) is 2. The molecule has 0 spiro atoms. The number of hydrogen-bond acceptors (Lipinski definition) is 4. The van der Waals surface area contributed by atoms with E-state index in [1.807, 2.05) is 26.0 Å². The number of fused-ring (bicyclic) bond motifs is 1. The predicted molar refractivity (Wildman–Crippen MR) is 136 cm³/mol. The minimum Gasteiger partial charge on any atom is -0.494 e. The van der Waals surface area contributed by atoms with Crippen LogP contribution < -0.4 is 15.0 Å². The van der Waals surface area contributed by atoms with Gasteiger partial charge in [0, 0.05) is 23.5 Å². The Hall–Kier alpha value is -1.96. The van der Waals surface area contributed by atoms with Crippen LogP contribution in [0, 0.1) is 5.92 Å². The molecule has 3 atom stereocenters. The standard InChI is InChI=1S/C26H31IN2O3/c1-3-31-21-13-14-22-23(15-21)29(20-5-4-6-20)25(24(22)27)18-9-11-19(12-10-18)28-26(30)32-16(2)17-7-8-17/h9-17,20,24-25H,3-8H2,1-2H3,(H,28,30). The first-order valence-corrected chi connectivity index (χ1v) is 13.1. The monoisotopic (exact) mass is 546 g/mol. The minimum absolute atomic E-state index is 0.0105. The summed E-state index contributed by atoms with van der Waals surface area (Å²) in [4.78, 5) is 14.8. The van der Waals surface area contributed by atoms with E-state index < -0.39 is 0 Å². The summed E-state index contributed by atoms with van der Waals surface area (Å²) in [7, 11) is 0. The number of amides is 1. The fraction of sp³-hybridized carbons (Fsp3) is 0.500. The van der Waals surface area contributed by atoms with Crippen molar-refractivity contribution in [2.75, 3.05) is 16.8 Å². The van der Waals surface area contributed by atoms with Crippen LogP contribution in [-0.4, -0.2) is 24.8 Å². The van der Waals surface area contributed by atoms with E-state index in [-0.39, 0.29) is 18.2 Å². The molecule has 170 valence electrons. The molecule has 2 aromatic rings. The molecule has 1 amide bonds. The summed E-state index contributed by atoms with van der Waals surface area (Å²) in [5.41, 5.74) is 4.74. The summed E-state index contributed by atoms with van der Waals surface area (Å²) in [6.07, 6.45) is 5.72. The Balaban J connectivity index is 1.35. The van der Waals surface area contributed by atoms with Crippen molar-refractivity contribution in [1.82, 2.24) is 0 Å². The van der Waals surface area contributed by atoms with Crippen molar-refractivity contribution < 1.29 is 14.3 Å². The molecule has 2 fully saturated rings. The van der Waals surface area contributed by atoms with Crippen LogP contribution in [0.2, 0.25) is 0 Å². The van der Waals surface area contributed by atoms with Gasteiger partial charge >= 0.3 is 6.09 Å². The Kier molecular flexibility index (Phi) is 6.23. The smallest absolute Gasteiger partial charge is 0.411 e. The van der Waals surface area contributed by atoms with Crippen LogP contribution in [0.3, 0.4) is 0 Å². The molecule has 2 saturated carbocycles. The number of hydrogen-bond donors (Lipinski definition) is 1. The maximum atomic E-state index is 12.2. The summed E-state index contributed by atoms with van der Waals surface area (Å²) in [6, 6.07) is 15.7. The molecule has 5 nitrogen and oxygen atoms in total.